The van der Waals surface area contributed by atoms with E-state index in [1.807, 2.05) is 0 Å². The van der Waals surface area contributed by atoms with Gasteiger partial charge in [0.1, 0.15) is 0 Å². The number of aliphatic hydroxyl groups is 1. The highest BCUT2D eigenvalue weighted by molar-refractivity contribution is 5.83. The standard InChI is InChI=1S/C12H20O3/c1-3-5-7-11(8-6-9-13)10-12(14)15-4-2/h6,8,10,13H,3-5,7,9H2,1-2H3/b8-6-,11-10+. The van der Waals surface area contributed by atoms with Crippen molar-refractivity contribution in [1.29, 1.82) is 0 Å². The molecule has 0 bridgehead atoms. The lowest BCUT2D eigenvalue weighted by Crippen LogP contribution is -2.00. The molecule has 0 amide bonds. The van der Waals surface area contributed by atoms with E-state index >= 15 is 0 Å². The summed E-state index contributed by atoms with van der Waals surface area (Å²) < 4.78 is 4.82. The zero-order chi connectivity index (χ0) is 11.5. The van der Waals surface area contributed by atoms with Crippen LogP contribution < -0.4 is 0 Å². The maximum Gasteiger partial charge on any atom is 0.331 e. The molecule has 0 radical (unpaired) electrons. The van der Waals surface area contributed by atoms with Crippen LogP contribution in [-0.2, 0) is 9.53 Å². The number of aliphatic hydroxyl groups excluding tert-OH is 1. The first-order chi connectivity index (χ1) is 7.24. The molecular formula is C12H20O3. The zero-order valence-electron chi connectivity index (χ0n) is 9.53. The van der Waals surface area contributed by atoms with E-state index in [4.69, 9.17) is 9.84 Å². The van der Waals surface area contributed by atoms with Gasteiger partial charge in [-0.3, -0.25) is 0 Å². The minimum atomic E-state index is -0.314. The molecule has 0 aliphatic rings. The average Bonchev–Trinajstić information content (AvgIpc) is 2.22. The Labute approximate surface area is 91.4 Å². The summed E-state index contributed by atoms with van der Waals surface area (Å²) in [5, 5.41) is 8.65. The second-order valence-electron chi connectivity index (χ2n) is 3.16. The SMILES string of the molecule is CCCCC(/C=C\CO)=C\C(=O)OCC. The number of allylic oxidation sites excluding steroid dienone is 2. The fraction of sp³-hybridized carbons (Fsp3) is 0.583. The van der Waals surface area contributed by atoms with E-state index in [9.17, 15) is 4.79 Å². The fourth-order valence-electron chi connectivity index (χ4n) is 1.12. The third kappa shape index (κ3) is 7.94. The van der Waals surface area contributed by atoms with Gasteiger partial charge >= 0.3 is 5.97 Å². The van der Waals surface area contributed by atoms with Crippen molar-refractivity contribution in [3.63, 3.8) is 0 Å². The number of hydrogen-bond acceptors (Lipinski definition) is 3. The highest BCUT2D eigenvalue weighted by Gasteiger charge is 1.99. The first-order valence-electron chi connectivity index (χ1n) is 5.39. The second-order valence-corrected chi connectivity index (χ2v) is 3.16. The summed E-state index contributed by atoms with van der Waals surface area (Å²) in [6.07, 6.45) is 7.83. The van der Waals surface area contributed by atoms with Gasteiger partial charge in [0.15, 0.2) is 0 Å². The van der Waals surface area contributed by atoms with E-state index < -0.39 is 0 Å². The van der Waals surface area contributed by atoms with Gasteiger partial charge in [0.25, 0.3) is 0 Å². The maximum atomic E-state index is 11.2. The molecule has 0 rings (SSSR count). The molecule has 0 aromatic heterocycles. The molecule has 0 aliphatic heterocycles. The number of esters is 1. The smallest absolute Gasteiger partial charge is 0.331 e. The molecule has 0 saturated carbocycles. The third-order valence-corrected chi connectivity index (χ3v) is 1.85. The molecule has 3 nitrogen and oxygen atoms in total. The minimum absolute atomic E-state index is 0.00765. The van der Waals surface area contributed by atoms with E-state index in [1.165, 1.54) is 6.08 Å². The van der Waals surface area contributed by atoms with Crippen LogP contribution in [0.3, 0.4) is 0 Å². The van der Waals surface area contributed by atoms with E-state index in [-0.39, 0.29) is 12.6 Å². The normalized spacial score (nSPS) is 12.1. The summed E-state index contributed by atoms with van der Waals surface area (Å²) in [4.78, 5) is 11.2. The maximum absolute atomic E-state index is 11.2. The summed E-state index contributed by atoms with van der Waals surface area (Å²) in [7, 11) is 0. The van der Waals surface area contributed by atoms with Gasteiger partial charge in [-0.15, -0.1) is 0 Å². The number of hydrogen-bond donors (Lipinski definition) is 1. The molecule has 0 saturated heterocycles. The topological polar surface area (TPSA) is 46.5 Å². The van der Waals surface area contributed by atoms with Gasteiger partial charge in [-0.25, -0.2) is 4.79 Å². The Morgan fingerprint density at radius 2 is 2.13 bits per heavy atom. The van der Waals surface area contributed by atoms with Crippen molar-refractivity contribution >= 4 is 5.97 Å². The fourth-order valence-corrected chi connectivity index (χ4v) is 1.12. The van der Waals surface area contributed by atoms with Crippen LogP contribution in [0, 0.1) is 0 Å². The van der Waals surface area contributed by atoms with Crippen LogP contribution in [0.15, 0.2) is 23.8 Å². The van der Waals surface area contributed by atoms with Crippen LogP contribution >= 0.6 is 0 Å². The number of rotatable bonds is 7. The number of ether oxygens (including phenoxy) is 1. The Hall–Kier alpha value is -1.09. The Morgan fingerprint density at radius 3 is 2.67 bits per heavy atom. The molecule has 0 spiro atoms. The van der Waals surface area contributed by atoms with Gasteiger partial charge in [0.05, 0.1) is 13.2 Å². The molecule has 0 atom stereocenters. The van der Waals surface area contributed by atoms with Crippen LogP contribution in [0.25, 0.3) is 0 Å². The van der Waals surface area contributed by atoms with Gasteiger partial charge in [0, 0.05) is 6.08 Å². The minimum Gasteiger partial charge on any atom is -0.463 e. The molecule has 0 aromatic rings. The van der Waals surface area contributed by atoms with Gasteiger partial charge in [0.2, 0.25) is 0 Å². The molecule has 1 N–H and O–H groups in total. The van der Waals surface area contributed by atoms with Crippen molar-refractivity contribution < 1.29 is 14.6 Å². The average molecular weight is 212 g/mol. The predicted molar refractivity (Wildman–Crippen MR) is 60.5 cm³/mol. The summed E-state index contributed by atoms with van der Waals surface area (Å²) >= 11 is 0. The molecule has 15 heavy (non-hydrogen) atoms. The highest BCUT2D eigenvalue weighted by Crippen LogP contribution is 2.09. The van der Waals surface area contributed by atoms with E-state index in [0.29, 0.717) is 6.61 Å². The predicted octanol–water partition coefficient (Wildman–Crippen LogP) is 2.21. The largest absolute Gasteiger partial charge is 0.463 e. The first-order valence-corrected chi connectivity index (χ1v) is 5.39. The number of carbonyl (C=O) groups is 1. The van der Waals surface area contributed by atoms with Crippen molar-refractivity contribution in [3.05, 3.63) is 23.8 Å². The van der Waals surface area contributed by atoms with Gasteiger partial charge < -0.3 is 9.84 Å². The molecule has 86 valence electrons. The van der Waals surface area contributed by atoms with Crippen LogP contribution in [0.1, 0.15) is 33.1 Å². The molecular weight excluding hydrogens is 192 g/mol. The molecule has 0 fully saturated rings. The Morgan fingerprint density at radius 1 is 1.40 bits per heavy atom. The van der Waals surface area contributed by atoms with Crippen LogP contribution in [-0.4, -0.2) is 24.3 Å². The Kier molecular flexibility index (Phi) is 8.78. The van der Waals surface area contributed by atoms with Crippen molar-refractivity contribution in [2.24, 2.45) is 0 Å². The first kappa shape index (κ1) is 13.9. The zero-order valence-corrected chi connectivity index (χ0v) is 9.53. The number of carbonyl (C=O) groups excluding carboxylic acids is 1. The molecule has 0 unspecified atom stereocenters. The van der Waals surface area contributed by atoms with Gasteiger partial charge in [-0.05, 0) is 25.3 Å². The Balaban J connectivity index is 4.31. The molecule has 0 heterocycles. The lowest BCUT2D eigenvalue weighted by molar-refractivity contribution is -0.137. The van der Waals surface area contributed by atoms with E-state index in [0.717, 1.165) is 24.8 Å². The van der Waals surface area contributed by atoms with E-state index in [1.54, 1.807) is 19.1 Å². The summed E-state index contributed by atoms with van der Waals surface area (Å²) in [6, 6.07) is 0. The van der Waals surface area contributed by atoms with Gasteiger partial charge in [-0.1, -0.05) is 25.5 Å². The van der Waals surface area contributed by atoms with Crippen LogP contribution in [0.5, 0.6) is 0 Å². The monoisotopic (exact) mass is 212 g/mol. The lowest BCUT2D eigenvalue weighted by Gasteiger charge is -2.01. The summed E-state index contributed by atoms with van der Waals surface area (Å²) in [5.74, 6) is -0.314. The highest BCUT2D eigenvalue weighted by atomic mass is 16.5. The van der Waals surface area contributed by atoms with E-state index in [2.05, 4.69) is 6.92 Å². The molecule has 0 aliphatic carbocycles. The van der Waals surface area contributed by atoms with Crippen molar-refractivity contribution in [3.8, 4) is 0 Å². The lowest BCUT2D eigenvalue weighted by atomic mass is 10.1. The van der Waals surface area contributed by atoms with Crippen molar-refractivity contribution in [2.45, 2.75) is 33.1 Å². The third-order valence-electron chi connectivity index (χ3n) is 1.85. The number of unbranched alkanes of at least 4 members (excludes halogenated alkanes) is 1. The van der Waals surface area contributed by atoms with Crippen LogP contribution in [0.2, 0.25) is 0 Å². The van der Waals surface area contributed by atoms with Gasteiger partial charge in [-0.2, -0.15) is 0 Å². The molecule has 3 heteroatoms. The Bertz CT molecular complexity index is 229. The summed E-state index contributed by atoms with van der Waals surface area (Å²) in [6.45, 7) is 4.26. The summed E-state index contributed by atoms with van der Waals surface area (Å²) in [5.41, 5.74) is 0.907. The quantitative estimate of drug-likeness (QED) is 0.400. The van der Waals surface area contributed by atoms with Crippen molar-refractivity contribution in [1.82, 2.24) is 0 Å². The van der Waals surface area contributed by atoms with Crippen LogP contribution in [0.4, 0.5) is 0 Å². The van der Waals surface area contributed by atoms with Crippen molar-refractivity contribution in [2.75, 3.05) is 13.2 Å². The second kappa shape index (κ2) is 9.46. The molecule has 0 aromatic carbocycles.